The summed E-state index contributed by atoms with van der Waals surface area (Å²) < 4.78 is 0. The molecule has 0 amide bonds. The van der Waals surface area contributed by atoms with Crippen molar-refractivity contribution in [2.75, 3.05) is 0 Å². The van der Waals surface area contributed by atoms with Crippen LogP contribution in [-0.4, -0.2) is 0 Å². The average Bonchev–Trinajstić information content (AvgIpc) is 3.23. The predicted molar refractivity (Wildman–Crippen MR) is 113 cm³/mol. The van der Waals surface area contributed by atoms with Gasteiger partial charge in [-0.1, -0.05) is 103 Å². The van der Waals surface area contributed by atoms with Gasteiger partial charge in [0, 0.05) is 5.92 Å². The fraction of sp³-hybridized carbons (Fsp3) is 0.0370. The lowest BCUT2D eigenvalue weighted by Crippen LogP contribution is -1.94. The lowest BCUT2D eigenvalue weighted by Gasteiger charge is -2.12. The third-order valence-corrected chi connectivity index (χ3v) is 5.94. The van der Waals surface area contributed by atoms with Crippen molar-refractivity contribution in [2.45, 2.75) is 5.92 Å². The smallest absolute Gasteiger partial charge is 0.0291 e. The first-order valence-corrected chi connectivity index (χ1v) is 9.51. The molecule has 0 radical (unpaired) electrons. The zero-order valence-corrected chi connectivity index (χ0v) is 14.9. The number of allylic oxidation sites excluding steroid dienone is 1. The molecular weight excluding hydrogens is 324 g/mol. The minimum absolute atomic E-state index is 0.298. The van der Waals surface area contributed by atoms with Crippen molar-refractivity contribution >= 4 is 5.57 Å². The maximum Gasteiger partial charge on any atom is 0.0291 e. The maximum absolute atomic E-state index is 2.48. The van der Waals surface area contributed by atoms with E-state index in [0.717, 1.165) is 0 Å². The standard InChI is InChI=1S/C27H18/c1-5-13-22-18(9-1)19-10-2-6-14-23(19)26(22)17-27-24-15-7-3-11-20(24)21-12-4-8-16-25(21)27/h1-17,26H. The highest BCUT2D eigenvalue weighted by molar-refractivity contribution is 6.01. The fourth-order valence-corrected chi connectivity index (χ4v) is 4.77. The minimum atomic E-state index is 0.298. The fourth-order valence-electron chi connectivity index (χ4n) is 4.77. The quantitative estimate of drug-likeness (QED) is 0.310. The zero-order chi connectivity index (χ0) is 17.8. The summed E-state index contributed by atoms with van der Waals surface area (Å²) in [6.07, 6.45) is 2.48. The van der Waals surface area contributed by atoms with Crippen LogP contribution in [0.4, 0.5) is 0 Å². The summed E-state index contributed by atoms with van der Waals surface area (Å²) in [6.45, 7) is 0. The van der Waals surface area contributed by atoms with Crippen LogP contribution in [0.2, 0.25) is 0 Å². The Morgan fingerprint density at radius 3 is 1.26 bits per heavy atom. The molecule has 0 saturated carbocycles. The molecule has 0 atom stereocenters. The third-order valence-electron chi connectivity index (χ3n) is 5.94. The number of hydrogen-bond acceptors (Lipinski definition) is 0. The highest BCUT2D eigenvalue weighted by Gasteiger charge is 2.29. The van der Waals surface area contributed by atoms with Gasteiger partial charge >= 0.3 is 0 Å². The van der Waals surface area contributed by atoms with E-state index in [9.17, 15) is 0 Å². The largest absolute Gasteiger partial charge is 0.0641 e. The van der Waals surface area contributed by atoms with Gasteiger partial charge in [0.1, 0.15) is 0 Å². The van der Waals surface area contributed by atoms with Crippen molar-refractivity contribution in [3.63, 3.8) is 0 Å². The van der Waals surface area contributed by atoms with Gasteiger partial charge in [0.2, 0.25) is 0 Å². The Kier molecular flexibility index (Phi) is 3.04. The summed E-state index contributed by atoms with van der Waals surface area (Å²) in [4.78, 5) is 0. The highest BCUT2D eigenvalue weighted by atomic mass is 14.3. The Bertz CT molecular complexity index is 1130. The summed E-state index contributed by atoms with van der Waals surface area (Å²) in [5, 5.41) is 0. The topological polar surface area (TPSA) is 0 Å². The lowest BCUT2D eigenvalue weighted by atomic mass is 9.91. The van der Waals surface area contributed by atoms with E-state index in [-0.39, 0.29) is 0 Å². The van der Waals surface area contributed by atoms with Crippen LogP contribution in [0.15, 0.2) is 103 Å². The van der Waals surface area contributed by atoms with Gasteiger partial charge in [-0.2, -0.15) is 0 Å². The Balaban J connectivity index is 1.62. The molecule has 0 aromatic heterocycles. The van der Waals surface area contributed by atoms with Crippen LogP contribution >= 0.6 is 0 Å². The van der Waals surface area contributed by atoms with Gasteiger partial charge in [0.15, 0.2) is 0 Å². The number of rotatable bonds is 1. The number of benzene rings is 4. The van der Waals surface area contributed by atoms with Crippen LogP contribution in [0.5, 0.6) is 0 Å². The molecule has 2 aliphatic carbocycles. The van der Waals surface area contributed by atoms with Gasteiger partial charge in [-0.15, -0.1) is 0 Å². The van der Waals surface area contributed by atoms with E-state index < -0.39 is 0 Å². The molecule has 2 aliphatic rings. The summed E-state index contributed by atoms with van der Waals surface area (Å²) in [7, 11) is 0. The Labute approximate surface area is 159 Å². The normalized spacial score (nSPS) is 13.7. The molecule has 126 valence electrons. The second-order valence-corrected chi connectivity index (χ2v) is 7.32. The monoisotopic (exact) mass is 342 g/mol. The summed E-state index contributed by atoms with van der Waals surface area (Å²) in [5.41, 5.74) is 12.3. The molecule has 0 heteroatoms. The van der Waals surface area contributed by atoms with Gasteiger partial charge < -0.3 is 0 Å². The molecule has 0 N–H and O–H groups in total. The Morgan fingerprint density at radius 1 is 0.407 bits per heavy atom. The van der Waals surface area contributed by atoms with E-state index in [2.05, 4.69) is 103 Å². The number of fused-ring (bicyclic) bond motifs is 6. The Hall–Kier alpha value is -3.38. The first-order valence-electron chi connectivity index (χ1n) is 9.51. The van der Waals surface area contributed by atoms with Gasteiger partial charge in [-0.25, -0.2) is 0 Å². The van der Waals surface area contributed by atoms with E-state index in [4.69, 9.17) is 0 Å². The second kappa shape index (κ2) is 5.56. The van der Waals surface area contributed by atoms with Crippen LogP contribution in [0.3, 0.4) is 0 Å². The number of hydrogen-bond donors (Lipinski definition) is 0. The second-order valence-electron chi connectivity index (χ2n) is 7.32. The van der Waals surface area contributed by atoms with E-state index in [0.29, 0.717) is 5.92 Å². The molecule has 0 spiro atoms. The average molecular weight is 342 g/mol. The molecule has 0 heterocycles. The zero-order valence-electron chi connectivity index (χ0n) is 14.9. The van der Waals surface area contributed by atoms with Gasteiger partial charge in [0.25, 0.3) is 0 Å². The van der Waals surface area contributed by atoms with Crippen molar-refractivity contribution in [1.82, 2.24) is 0 Å². The summed E-state index contributed by atoms with van der Waals surface area (Å²) in [6, 6.07) is 35.2. The predicted octanol–water partition coefficient (Wildman–Crippen LogP) is 6.91. The first kappa shape index (κ1) is 14.8. The molecule has 0 nitrogen and oxygen atoms in total. The molecule has 4 aromatic rings. The molecule has 0 unspecified atom stereocenters. The minimum Gasteiger partial charge on any atom is -0.0641 e. The van der Waals surface area contributed by atoms with Gasteiger partial charge in [0.05, 0.1) is 0 Å². The summed E-state index contributed by atoms with van der Waals surface area (Å²) in [5.74, 6) is 0.298. The van der Waals surface area contributed by atoms with Crippen molar-refractivity contribution < 1.29 is 0 Å². The van der Waals surface area contributed by atoms with Crippen LogP contribution in [-0.2, 0) is 0 Å². The third kappa shape index (κ3) is 2.04. The van der Waals surface area contributed by atoms with E-state index >= 15 is 0 Å². The first-order chi connectivity index (χ1) is 13.4. The van der Waals surface area contributed by atoms with Crippen LogP contribution < -0.4 is 0 Å². The van der Waals surface area contributed by atoms with Crippen molar-refractivity contribution in [3.8, 4) is 22.3 Å². The summed E-state index contributed by atoms with van der Waals surface area (Å²) >= 11 is 0. The van der Waals surface area contributed by atoms with Crippen molar-refractivity contribution in [2.24, 2.45) is 0 Å². The molecule has 0 bridgehead atoms. The molecular formula is C27H18. The highest BCUT2D eigenvalue weighted by Crippen LogP contribution is 2.50. The van der Waals surface area contributed by atoms with Gasteiger partial charge in [-0.3, -0.25) is 0 Å². The van der Waals surface area contributed by atoms with E-state index in [1.54, 1.807) is 0 Å². The molecule has 0 saturated heterocycles. The molecule has 6 rings (SSSR count). The van der Waals surface area contributed by atoms with E-state index in [1.807, 2.05) is 0 Å². The molecule has 27 heavy (non-hydrogen) atoms. The van der Waals surface area contributed by atoms with Crippen LogP contribution in [0.1, 0.15) is 28.2 Å². The van der Waals surface area contributed by atoms with Crippen LogP contribution in [0, 0.1) is 0 Å². The molecule has 0 aliphatic heterocycles. The van der Waals surface area contributed by atoms with Crippen molar-refractivity contribution in [3.05, 3.63) is 125 Å². The molecule has 0 fully saturated rings. The van der Waals surface area contributed by atoms with Crippen LogP contribution in [0.25, 0.3) is 27.8 Å². The maximum atomic E-state index is 2.48. The van der Waals surface area contributed by atoms with E-state index in [1.165, 1.54) is 50.1 Å². The Morgan fingerprint density at radius 2 is 0.778 bits per heavy atom. The van der Waals surface area contributed by atoms with Gasteiger partial charge in [-0.05, 0) is 50.1 Å². The van der Waals surface area contributed by atoms with Crippen molar-refractivity contribution in [1.29, 1.82) is 0 Å². The SMILES string of the molecule is C(=C1c2ccccc2-c2ccccc21)C1c2ccccc2-c2ccccc21. The molecule has 4 aromatic carbocycles. The lowest BCUT2D eigenvalue weighted by molar-refractivity contribution is 1.07.